The number of rotatable bonds is 2. The van der Waals surface area contributed by atoms with Gasteiger partial charge in [-0.05, 0) is 72.3 Å². The molecule has 0 atom stereocenters. The Hall–Kier alpha value is 0.390. The standard InChI is InChI=1S/C12H15BrIN/c13-11-4-5-12(14)10(8-11)9-15-6-2-1-3-7-15/h4-5,8H,1-3,6-7,9H2. The molecule has 0 amide bonds. The predicted molar refractivity (Wildman–Crippen MR) is 76.0 cm³/mol. The minimum atomic E-state index is 1.11. The van der Waals surface area contributed by atoms with Gasteiger partial charge in [-0.1, -0.05) is 22.4 Å². The quantitative estimate of drug-likeness (QED) is 0.701. The van der Waals surface area contributed by atoms with Crippen molar-refractivity contribution < 1.29 is 0 Å². The van der Waals surface area contributed by atoms with Crippen molar-refractivity contribution in [3.8, 4) is 0 Å². The molecule has 3 heteroatoms. The van der Waals surface area contributed by atoms with Crippen molar-refractivity contribution in [2.45, 2.75) is 25.8 Å². The first-order valence-corrected chi connectivity index (χ1v) is 7.29. The third-order valence-electron chi connectivity index (χ3n) is 2.85. The molecule has 1 aliphatic rings. The van der Waals surface area contributed by atoms with Gasteiger partial charge in [0.25, 0.3) is 0 Å². The Balaban J connectivity index is 2.05. The average molecular weight is 380 g/mol. The molecule has 1 nitrogen and oxygen atoms in total. The summed E-state index contributed by atoms with van der Waals surface area (Å²) in [6.07, 6.45) is 4.14. The molecule has 0 N–H and O–H groups in total. The Morgan fingerprint density at radius 3 is 2.67 bits per heavy atom. The molecule has 2 rings (SSSR count). The van der Waals surface area contributed by atoms with Gasteiger partial charge in [-0.15, -0.1) is 0 Å². The summed E-state index contributed by atoms with van der Waals surface area (Å²) >= 11 is 5.96. The second-order valence-corrected chi connectivity index (χ2v) is 6.15. The summed E-state index contributed by atoms with van der Waals surface area (Å²) in [7, 11) is 0. The molecule has 1 aromatic rings. The number of likely N-dealkylation sites (tertiary alicyclic amines) is 1. The molecule has 0 unspecified atom stereocenters. The zero-order valence-corrected chi connectivity index (χ0v) is 12.4. The second kappa shape index (κ2) is 5.64. The van der Waals surface area contributed by atoms with E-state index in [4.69, 9.17) is 0 Å². The largest absolute Gasteiger partial charge is 0.299 e. The molecule has 1 aliphatic heterocycles. The highest BCUT2D eigenvalue weighted by Gasteiger charge is 2.11. The van der Waals surface area contributed by atoms with E-state index in [1.54, 1.807) is 0 Å². The fourth-order valence-electron chi connectivity index (χ4n) is 2.02. The van der Waals surface area contributed by atoms with Crippen LogP contribution in [-0.2, 0) is 6.54 Å². The van der Waals surface area contributed by atoms with E-state index in [0.717, 1.165) is 6.54 Å². The molecule has 0 spiro atoms. The van der Waals surface area contributed by atoms with Gasteiger partial charge in [-0.3, -0.25) is 4.90 Å². The van der Waals surface area contributed by atoms with Crippen LogP contribution in [0.25, 0.3) is 0 Å². The Morgan fingerprint density at radius 1 is 1.20 bits per heavy atom. The molecular weight excluding hydrogens is 365 g/mol. The SMILES string of the molecule is Brc1ccc(I)c(CN2CCCCC2)c1. The van der Waals surface area contributed by atoms with Gasteiger partial charge in [0.2, 0.25) is 0 Å². The molecular formula is C12H15BrIN. The fourth-order valence-corrected chi connectivity index (χ4v) is 2.94. The number of piperidine rings is 1. The maximum Gasteiger partial charge on any atom is 0.0244 e. The van der Waals surface area contributed by atoms with Gasteiger partial charge in [-0.2, -0.15) is 0 Å². The van der Waals surface area contributed by atoms with Gasteiger partial charge in [0.05, 0.1) is 0 Å². The third-order valence-corrected chi connectivity index (χ3v) is 4.40. The smallest absolute Gasteiger partial charge is 0.0244 e. The highest BCUT2D eigenvalue weighted by Crippen LogP contribution is 2.21. The third kappa shape index (κ3) is 3.43. The van der Waals surface area contributed by atoms with E-state index < -0.39 is 0 Å². The van der Waals surface area contributed by atoms with Crippen LogP contribution in [0.3, 0.4) is 0 Å². The van der Waals surface area contributed by atoms with Crippen LogP contribution in [0.5, 0.6) is 0 Å². The first kappa shape index (κ1) is 11.9. The van der Waals surface area contributed by atoms with Crippen molar-refractivity contribution in [3.63, 3.8) is 0 Å². The van der Waals surface area contributed by atoms with Crippen LogP contribution in [0.2, 0.25) is 0 Å². The summed E-state index contributed by atoms with van der Waals surface area (Å²) in [5.74, 6) is 0. The van der Waals surface area contributed by atoms with E-state index in [-0.39, 0.29) is 0 Å². The van der Waals surface area contributed by atoms with Gasteiger partial charge in [0.1, 0.15) is 0 Å². The van der Waals surface area contributed by atoms with E-state index >= 15 is 0 Å². The van der Waals surface area contributed by atoms with Gasteiger partial charge in [0, 0.05) is 14.6 Å². The minimum Gasteiger partial charge on any atom is -0.299 e. The van der Waals surface area contributed by atoms with Gasteiger partial charge in [-0.25, -0.2) is 0 Å². The molecule has 1 heterocycles. The molecule has 0 saturated carbocycles. The molecule has 82 valence electrons. The number of hydrogen-bond acceptors (Lipinski definition) is 1. The maximum absolute atomic E-state index is 3.54. The fraction of sp³-hybridized carbons (Fsp3) is 0.500. The van der Waals surface area contributed by atoms with E-state index in [2.05, 4.69) is 61.6 Å². The molecule has 1 fully saturated rings. The monoisotopic (exact) mass is 379 g/mol. The lowest BCUT2D eigenvalue weighted by atomic mass is 10.1. The van der Waals surface area contributed by atoms with Crippen LogP contribution < -0.4 is 0 Å². The van der Waals surface area contributed by atoms with Crippen molar-refractivity contribution in [1.82, 2.24) is 4.90 Å². The van der Waals surface area contributed by atoms with Crippen molar-refractivity contribution in [2.75, 3.05) is 13.1 Å². The van der Waals surface area contributed by atoms with Crippen LogP contribution in [0.4, 0.5) is 0 Å². The number of hydrogen-bond donors (Lipinski definition) is 0. The summed E-state index contributed by atoms with van der Waals surface area (Å²) in [4.78, 5) is 2.56. The normalized spacial score (nSPS) is 18.0. The van der Waals surface area contributed by atoms with Crippen LogP contribution in [0.1, 0.15) is 24.8 Å². The number of nitrogens with zero attached hydrogens (tertiary/aromatic N) is 1. The maximum atomic E-state index is 3.54. The lowest BCUT2D eigenvalue weighted by Gasteiger charge is -2.26. The summed E-state index contributed by atoms with van der Waals surface area (Å²) in [5, 5.41) is 0. The van der Waals surface area contributed by atoms with Gasteiger partial charge >= 0.3 is 0 Å². The molecule has 0 aromatic heterocycles. The summed E-state index contributed by atoms with van der Waals surface area (Å²) in [5.41, 5.74) is 1.45. The molecule has 0 aliphatic carbocycles. The Morgan fingerprint density at radius 2 is 1.93 bits per heavy atom. The van der Waals surface area contributed by atoms with Crippen molar-refractivity contribution in [3.05, 3.63) is 31.8 Å². The van der Waals surface area contributed by atoms with E-state index in [1.165, 1.54) is 46.0 Å². The molecule has 0 radical (unpaired) electrons. The highest BCUT2D eigenvalue weighted by atomic mass is 127. The highest BCUT2D eigenvalue weighted by molar-refractivity contribution is 14.1. The Labute approximate surface area is 114 Å². The first-order chi connectivity index (χ1) is 7.25. The zero-order valence-electron chi connectivity index (χ0n) is 8.68. The van der Waals surface area contributed by atoms with Crippen molar-refractivity contribution in [2.24, 2.45) is 0 Å². The molecule has 1 aromatic carbocycles. The molecule has 0 bridgehead atoms. The minimum absolute atomic E-state index is 1.11. The topological polar surface area (TPSA) is 3.24 Å². The Kier molecular flexibility index (Phi) is 4.46. The van der Waals surface area contributed by atoms with Crippen molar-refractivity contribution >= 4 is 38.5 Å². The van der Waals surface area contributed by atoms with E-state index in [9.17, 15) is 0 Å². The number of halogens is 2. The number of benzene rings is 1. The van der Waals surface area contributed by atoms with E-state index in [0.29, 0.717) is 0 Å². The van der Waals surface area contributed by atoms with Gasteiger partial charge in [0.15, 0.2) is 0 Å². The zero-order chi connectivity index (χ0) is 10.7. The first-order valence-electron chi connectivity index (χ1n) is 5.42. The van der Waals surface area contributed by atoms with Crippen LogP contribution in [0.15, 0.2) is 22.7 Å². The lowest BCUT2D eigenvalue weighted by Crippen LogP contribution is -2.29. The average Bonchev–Trinajstić information content (AvgIpc) is 2.25. The predicted octanol–water partition coefficient (Wildman–Crippen LogP) is 4.04. The Bertz CT molecular complexity index is 334. The van der Waals surface area contributed by atoms with Gasteiger partial charge < -0.3 is 0 Å². The molecule has 15 heavy (non-hydrogen) atoms. The van der Waals surface area contributed by atoms with Crippen molar-refractivity contribution in [1.29, 1.82) is 0 Å². The molecule has 1 saturated heterocycles. The van der Waals surface area contributed by atoms with Crippen LogP contribution in [0, 0.1) is 3.57 Å². The summed E-state index contributed by atoms with van der Waals surface area (Å²) in [6, 6.07) is 6.54. The van der Waals surface area contributed by atoms with Crippen LogP contribution in [-0.4, -0.2) is 18.0 Å². The second-order valence-electron chi connectivity index (χ2n) is 4.07. The van der Waals surface area contributed by atoms with E-state index in [1.807, 2.05) is 0 Å². The van der Waals surface area contributed by atoms with Crippen LogP contribution >= 0.6 is 38.5 Å². The lowest BCUT2D eigenvalue weighted by molar-refractivity contribution is 0.220. The summed E-state index contributed by atoms with van der Waals surface area (Å²) in [6.45, 7) is 3.64. The summed E-state index contributed by atoms with van der Waals surface area (Å²) < 4.78 is 2.57.